The van der Waals surface area contributed by atoms with Crippen molar-refractivity contribution in [2.75, 3.05) is 23.3 Å². The number of benzene rings is 1. The number of carbonyl (C=O) groups excluding carboxylic acids is 1. The molecular weight excluding hydrogens is 310 g/mol. The van der Waals surface area contributed by atoms with E-state index in [2.05, 4.69) is 15.3 Å². The second-order valence-corrected chi connectivity index (χ2v) is 5.08. The van der Waals surface area contributed by atoms with Gasteiger partial charge in [0.25, 0.3) is 0 Å². The van der Waals surface area contributed by atoms with E-state index in [1.165, 1.54) is 13.3 Å². The molecule has 8 nitrogen and oxygen atoms in total. The van der Waals surface area contributed by atoms with Gasteiger partial charge in [0.15, 0.2) is 5.78 Å². The Morgan fingerprint density at radius 2 is 1.83 bits per heavy atom. The Bertz CT molecular complexity index is 742. The zero-order valence-electron chi connectivity index (χ0n) is 13.8. The highest BCUT2D eigenvalue weighted by Crippen LogP contribution is 2.33. The fraction of sp³-hybridized carbons (Fsp3) is 0.312. The molecule has 0 spiro atoms. The Labute approximate surface area is 139 Å². The molecule has 126 valence electrons. The Morgan fingerprint density at radius 1 is 1.21 bits per heavy atom. The number of aromatic nitrogens is 2. The third kappa shape index (κ3) is 3.65. The number of nitro groups is 1. The van der Waals surface area contributed by atoms with E-state index >= 15 is 0 Å². The average Bonchev–Trinajstić information content (AvgIpc) is 2.56. The summed E-state index contributed by atoms with van der Waals surface area (Å²) in [5.74, 6) is 0.355. The maximum Gasteiger partial charge on any atom is 0.353 e. The third-order valence-electron chi connectivity index (χ3n) is 3.60. The van der Waals surface area contributed by atoms with Crippen LogP contribution in [0.1, 0.15) is 31.1 Å². The molecule has 1 aromatic carbocycles. The highest BCUT2D eigenvalue weighted by atomic mass is 16.6. The molecule has 0 fully saturated rings. The fourth-order valence-corrected chi connectivity index (χ4v) is 2.31. The Balaban J connectivity index is 2.41. The van der Waals surface area contributed by atoms with Gasteiger partial charge in [0.2, 0.25) is 11.6 Å². The number of nitrogens with one attached hydrogen (secondary N) is 1. The summed E-state index contributed by atoms with van der Waals surface area (Å²) in [6.45, 7) is 6.49. The quantitative estimate of drug-likeness (QED) is 0.473. The predicted molar refractivity (Wildman–Crippen MR) is 92.0 cm³/mol. The molecule has 0 aliphatic rings. The lowest BCUT2D eigenvalue weighted by atomic mass is 10.1. The molecule has 0 amide bonds. The lowest BCUT2D eigenvalue weighted by Crippen LogP contribution is -2.24. The number of carbonyl (C=O) groups is 1. The first-order valence-electron chi connectivity index (χ1n) is 7.60. The number of ketones is 1. The van der Waals surface area contributed by atoms with Crippen LogP contribution in [0.3, 0.4) is 0 Å². The van der Waals surface area contributed by atoms with Gasteiger partial charge in [-0.3, -0.25) is 14.9 Å². The monoisotopic (exact) mass is 329 g/mol. The van der Waals surface area contributed by atoms with Crippen LogP contribution in [0.15, 0.2) is 30.6 Å². The topological polar surface area (TPSA) is 101 Å². The maximum absolute atomic E-state index is 11.5. The second kappa shape index (κ2) is 7.49. The number of hydrogen-bond donors (Lipinski definition) is 1. The molecule has 2 aromatic rings. The van der Waals surface area contributed by atoms with E-state index in [9.17, 15) is 14.9 Å². The van der Waals surface area contributed by atoms with Crippen LogP contribution in [0, 0.1) is 10.1 Å². The van der Waals surface area contributed by atoms with Crippen LogP contribution in [0.4, 0.5) is 23.0 Å². The van der Waals surface area contributed by atoms with Crippen molar-refractivity contribution in [3.8, 4) is 0 Å². The molecule has 0 atom stereocenters. The molecule has 8 heteroatoms. The van der Waals surface area contributed by atoms with Gasteiger partial charge in [-0.1, -0.05) is 0 Å². The molecule has 1 aromatic heterocycles. The van der Waals surface area contributed by atoms with Gasteiger partial charge in [0, 0.05) is 24.3 Å². The van der Waals surface area contributed by atoms with E-state index in [0.29, 0.717) is 24.3 Å². The molecule has 1 N–H and O–H groups in total. The zero-order chi connectivity index (χ0) is 17.7. The van der Waals surface area contributed by atoms with E-state index in [-0.39, 0.29) is 23.1 Å². The standard InChI is InChI=1S/C16H19N5O3/c1-4-20(5-2)16-14(21(23)24)15(17-10-18-16)19-13-8-6-12(7-9-13)11(3)22/h6-10H,4-5H2,1-3H3,(H,17,18,19). The van der Waals surface area contributed by atoms with E-state index in [4.69, 9.17) is 0 Å². The first kappa shape index (κ1) is 17.3. The summed E-state index contributed by atoms with van der Waals surface area (Å²) in [4.78, 5) is 32.2. The molecule has 0 saturated heterocycles. The maximum atomic E-state index is 11.5. The Kier molecular flexibility index (Phi) is 5.41. The fourth-order valence-electron chi connectivity index (χ4n) is 2.31. The molecule has 0 aliphatic heterocycles. The van der Waals surface area contributed by atoms with Crippen molar-refractivity contribution in [3.05, 3.63) is 46.3 Å². The molecule has 0 saturated carbocycles. The molecule has 0 radical (unpaired) electrons. The van der Waals surface area contributed by atoms with Crippen molar-refractivity contribution in [2.45, 2.75) is 20.8 Å². The van der Waals surface area contributed by atoms with Gasteiger partial charge in [-0.2, -0.15) is 0 Å². The van der Waals surface area contributed by atoms with Crippen molar-refractivity contribution in [1.82, 2.24) is 9.97 Å². The van der Waals surface area contributed by atoms with Gasteiger partial charge in [-0.25, -0.2) is 9.97 Å². The van der Waals surface area contributed by atoms with Crippen LogP contribution in [0.2, 0.25) is 0 Å². The summed E-state index contributed by atoms with van der Waals surface area (Å²) in [6, 6.07) is 6.67. The summed E-state index contributed by atoms with van der Waals surface area (Å²) in [6.07, 6.45) is 1.30. The summed E-state index contributed by atoms with van der Waals surface area (Å²) in [7, 11) is 0. The Hall–Kier alpha value is -3.03. The largest absolute Gasteiger partial charge is 0.353 e. The van der Waals surface area contributed by atoms with Gasteiger partial charge in [0.05, 0.1) is 4.92 Å². The first-order chi connectivity index (χ1) is 11.5. The van der Waals surface area contributed by atoms with Crippen molar-refractivity contribution < 1.29 is 9.72 Å². The highest BCUT2D eigenvalue weighted by molar-refractivity contribution is 5.94. The molecular formula is C16H19N5O3. The van der Waals surface area contributed by atoms with E-state index in [1.54, 1.807) is 29.2 Å². The highest BCUT2D eigenvalue weighted by Gasteiger charge is 2.26. The normalized spacial score (nSPS) is 10.3. The predicted octanol–water partition coefficient (Wildman–Crippen LogP) is 3.18. The minimum Gasteiger partial charge on any atom is -0.351 e. The summed E-state index contributed by atoms with van der Waals surface area (Å²) < 4.78 is 0. The SMILES string of the molecule is CCN(CC)c1ncnc(Nc2ccc(C(C)=O)cc2)c1[N+](=O)[O-]. The van der Waals surface area contributed by atoms with Gasteiger partial charge >= 0.3 is 5.69 Å². The number of Topliss-reactive ketones (excluding diaryl/α,β-unsaturated/α-hetero) is 1. The third-order valence-corrected chi connectivity index (χ3v) is 3.60. The number of anilines is 3. The molecule has 1 heterocycles. The average molecular weight is 329 g/mol. The summed E-state index contributed by atoms with van der Waals surface area (Å²) in [5.41, 5.74) is 1.01. The van der Waals surface area contributed by atoms with Crippen molar-refractivity contribution in [2.24, 2.45) is 0 Å². The van der Waals surface area contributed by atoms with Crippen LogP contribution in [-0.4, -0.2) is 33.8 Å². The Morgan fingerprint density at radius 3 is 2.33 bits per heavy atom. The van der Waals surface area contributed by atoms with Crippen LogP contribution in [-0.2, 0) is 0 Å². The molecule has 24 heavy (non-hydrogen) atoms. The minimum atomic E-state index is -0.486. The molecule has 2 rings (SSSR count). The first-order valence-corrected chi connectivity index (χ1v) is 7.60. The van der Waals surface area contributed by atoms with E-state index < -0.39 is 4.92 Å². The number of rotatable bonds is 7. The lowest BCUT2D eigenvalue weighted by Gasteiger charge is -2.20. The molecule has 0 aliphatic carbocycles. The summed E-state index contributed by atoms with van der Waals surface area (Å²) >= 11 is 0. The van der Waals surface area contributed by atoms with Crippen molar-refractivity contribution in [1.29, 1.82) is 0 Å². The smallest absolute Gasteiger partial charge is 0.351 e. The number of nitrogens with zero attached hydrogens (tertiary/aromatic N) is 4. The zero-order valence-corrected chi connectivity index (χ0v) is 13.8. The van der Waals surface area contributed by atoms with Gasteiger partial charge in [0.1, 0.15) is 6.33 Å². The van der Waals surface area contributed by atoms with E-state index in [0.717, 1.165) is 0 Å². The van der Waals surface area contributed by atoms with Crippen molar-refractivity contribution in [3.63, 3.8) is 0 Å². The molecule has 0 bridgehead atoms. The second-order valence-electron chi connectivity index (χ2n) is 5.08. The van der Waals surface area contributed by atoms with Gasteiger partial charge < -0.3 is 10.2 Å². The van der Waals surface area contributed by atoms with Crippen LogP contribution >= 0.6 is 0 Å². The lowest BCUT2D eigenvalue weighted by molar-refractivity contribution is -0.383. The minimum absolute atomic E-state index is 0.0432. The van der Waals surface area contributed by atoms with E-state index in [1.807, 2.05) is 13.8 Å². The van der Waals surface area contributed by atoms with Crippen LogP contribution in [0.5, 0.6) is 0 Å². The van der Waals surface area contributed by atoms with Gasteiger partial charge in [-0.15, -0.1) is 0 Å². The molecule has 0 unspecified atom stereocenters. The van der Waals surface area contributed by atoms with Gasteiger partial charge in [-0.05, 0) is 45.0 Å². The number of hydrogen-bond acceptors (Lipinski definition) is 7. The summed E-state index contributed by atoms with van der Waals surface area (Å²) in [5, 5.41) is 14.5. The van der Waals surface area contributed by atoms with Crippen molar-refractivity contribution >= 4 is 28.8 Å². The van der Waals surface area contributed by atoms with Crippen LogP contribution < -0.4 is 10.2 Å². The van der Waals surface area contributed by atoms with Crippen LogP contribution in [0.25, 0.3) is 0 Å².